The zero-order valence-corrected chi connectivity index (χ0v) is 10.5. The number of nitrogens with two attached hydrogens (primary N) is 1. The van der Waals surface area contributed by atoms with Gasteiger partial charge in [-0.2, -0.15) is 0 Å². The minimum Gasteiger partial charge on any atom is -0.399 e. The molecule has 1 amide bonds. The topological polar surface area (TPSA) is 55.1 Å². The first-order chi connectivity index (χ1) is 6.94. The van der Waals surface area contributed by atoms with Crippen molar-refractivity contribution in [1.82, 2.24) is 4.98 Å². The monoisotopic (exact) mass is 222 g/mol. The molecule has 1 rings (SSSR count). The van der Waals surface area contributed by atoms with E-state index >= 15 is 0 Å². The highest BCUT2D eigenvalue weighted by Crippen LogP contribution is 2.08. The SMILES string of the molecule is CC[Si](C)(C)NC(=O)c1ccc(N)cc1. The van der Waals surface area contributed by atoms with Crippen molar-refractivity contribution in [3.8, 4) is 0 Å². The fourth-order valence-corrected chi connectivity index (χ4v) is 2.04. The van der Waals surface area contributed by atoms with Crippen LogP contribution in [0, 0.1) is 0 Å². The van der Waals surface area contributed by atoms with Crippen molar-refractivity contribution in [2.45, 2.75) is 26.1 Å². The molecule has 0 bridgehead atoms. The number of carbonyl (C=O) groups is 1. The molecule has 1 aromatic carbocycles. The quantitative estimate of drug-likeness (QED) is 0.608. The molecule has 0 fully saturated rings. The third-order valence-electron chi connectivity index (χ3n) is 2.51. The second kappa shape index (κ2) is 4.48. The molecule has 0 radical (unpaired) electrons. The third-order valence-corrected chi connectivity index (χ3v) is 5.18. The zero-order valence-electron chi connectivity index (χ0n) is 9.50. The Morgan fingerprint density at radius 2 is 1.87 bits per heavy atom. The Balaban J connectivity index is 2.74. The first kappa shape index (κ1) is 11.8. The molecule has 0 unspecified atom stereocenters. The second-order valence-electron chi connectivity index (χ2n) is 4.31. The molecule has 0 saturated carbocycles. The normalized spacial score (nSPS) is 11.1. The largest absolute Gasteiger partial charge is 0.399 e. The molecule has 1 aromatic rings. The van der Waals surface area contributed by atoms with Crippen molar-refractivity contribution < 1.29 is 4.79 Å². The van der Waals surface area contributed by atoms with Crippen LogP contribution in [-0.2, 0) is 0 Å². The van der Waals surface area contributed by atoms with Crippen molar-refractivity contribution in [2.75, 3.05) is 5.73 Å². The summed E-state index contributed by atoms with van der Waals surface area (Å²) in [5.74, 6) is 0.00789. The molecule has 0 aliphatic rings. The van der Waals surface area contributed by atoms with Crippen LogP contribution < -0.4 is 10.7 Å². The van der Waals surface area contributed by atoms with Crippen LogP contribution in [0.2, 0.25) is 19.1 Å². The molecular formula is C11H18N2OSi. The Morgan fingerprint density at radius 3 is 2.33 bits per heavy atom. The van der Waals surface area contributed by atoms with Gasteiger partial charge in [-0.15, -0.1) is 0 Å². The molecule has 3 N–H and O–H groups in total. The highest BCUT2D eigenvalue weighted by atomic mass is 28.3. The average molecular weight is 222 g/mol. The van der Waals surface area contributed by atoms with E-state index in [1.165, 1.54) is 0 Å². The van der Waals surface area contributed by atoms with Crippen molar-refractivity contribution in [1.29, 1.82) is 0 Å². The van der Waals surface area contributed by atoms with Gasteiger partial charge in [0.25, 0.3) is 0 Å². The first-order valence-electron chi connectivity index (χ1n) is 5.12. The molecule has 0 spiro atoms. The molecule has 82 valence electrons. The van der Waals surface area contributed by atoms with E-state index in [4.69, 9.17) is 5.73 Å². The maximum atomic E-state index is 11.8. The molecule has 0 saturated heterocycles. The van der Waals surface area contributed by atoms with Crippen LogP contribution in [0.1, 0.15) is 17.3 Å². The summed E-state index contributed by atoms with van der Waals surface area (Å²) in [5.41, 5.74) is 6.92. The smallest absolute Gasteiger partial charge is 0.243 e. The molecule has 3 nitrogen and oxygen atoms in total. The molecule has 0 aromatic heterocycles. The highest BCUT2D eigenvalue weighted by Gasteiger charge is 2.21. The number of benzene rings is 1. The van der Waals surface area contributed by atoms with Crippen LogP contribution in [0.15, 0.2) is 24.3 Å². The zero-order chi connectivity index (χ0) is 11.5. The van der Waals surface area contributed by atoms with Crippen molar-refractivity contribution in [3.63, 3.8) is 0 Å². The van der Waals surface area contributed by atoms with Gasteiger partial charge in [0, 0.05) is 11.3 Å². The second-order valence-corrected chi connectivity index (χ2v) is 9.04. The van der Waals surface area contributed by atoms with Gasteiger partial charge in [0.15, 0.2) is 8.24 Å². The number of hydrogen-bond donors (Lipinski definition) is 2. The van der Waals surface area contributed by atoms with Crippen molar-refractivity contribution in [2.24, 2.45) is 0 Å². The van der Waals surface area contributed by atoms with E-state index in [0.29, 0.717) is 11.3 Å². The summed E-state index contributed by atoms with van der Waals surface area (Å²) in [6.07, 6.45) is 0. The lowest BCUT2D eigenvalue weighted by molar-refractivity contribution is 0.0978. The maximum absolute atomic E-state index is 11.8. The van der Waals surface area contributed by atoms with Crippen LogP contribution in [0.3, 0.4) is 0 Å². The molecule has 0 aliphatic carbocycles. The fourth-order valence-electron chi connectivity index (χ4n) is 1.10. The molecule has 15 heavy (non-hydrogen) atoms. The van der Waals surface area contributed by atoms with Gasteiger partial charge in [0.1, 0.15) is 0 Å². The summed E-state index contributed by atoms with van der Waals surface area (Å²) in [6.45, 7) is 6.39. The number of anilines is 1. The van der Waals surface area contributed by atoms with Gasteiger partial charge >= 0.3 is 0 Å². The van der Waals surface area contributed by atoms with Gasteiger partial charge < -0.3 is 10.7 Å². The van der Waals surface area contributed by atoms with Gasteiger partial charge in [-0.05, 0) is 30.3 Å². The first-order valence-corrected chi connectivity index (χ1v) is 8.33. The van der Waals surface area contributed by atoms with E-state index < -0.39 is 8.24 Å². The predicted octanol–water partition coefficient (Wildman–Crippen LogP) is 2.22. The number of nitrogens with one attached hydrogen (secondary N) is 1. The lowest BCUT2D eigenvalue weighted by Crippen LogP contribution is -2.47. The Labute approximate surface area is 91.8 Å². The summed E-state index contributed by atoms with van der Waals surface area (Å²) in [6, 6.07) is 8.04. The van der Waals surface area contributed by atoms with Crippen LogP contribution in [0.4, 0.5) is 5.69 Å². The Kier molecular flexibility index (Phi) is 3.52. The van der Waals surface area contributed by atoms with Crippen LogP contribution in [0.25, 0.3) is 0 Å². The Bertz CT molecular complexity index is 346. The van der Waals surface area contributed by atoms with Crippen molar-refractivity contribution in [3.05, 3.63) is 29.8 Å². The van der Waals surface area contributed by atoms with Gasteiger partial charge in [0.2, 0.25) is 5.91 Å². The van der Waals surface area contributed by atoms with Crippen LogP contribution in [-0.4, -0.2) is 14.1 Å². The van der Waals surface area contributed by atoms with Crippen LogP contribution in [0.5, 0.6) is 0 Å². The highest BCUT2D eigenvalue weighted by molar-refractivity contribution is 6.77. The van der Waals surface area contributed by atoms with E-state index in [0.717, 1.165) is 6.04 Å². The van der Waals surface area contributed by atoms with E-state index in [1.807, 2.05) is 0 Å². The summed E-state index contributed by atoms with van der Waals surface area (Å²) in [5, 5.41) is 0. The summed E-state index contributed by atoms with van der Waals surface area (Å²) in [4.78, 5) is 14.9. The predicted molar refractivity (Wildman–Crippen MR) is 66.3 cm³/mol. The van der Waals surface area contributed by atoms with Gasteiger partial charge in [-0.25, -0.2) is 0 Å². The Hall–Kier alpha value is -1.29. The van der Waals surface area contributed by atoms with E-state index in [2.05, 4.69) is 25.0 Å². The summed E-state index contributed by atoms with van der Waals surface area (Å²) in [7, 11) is -1.57. The molecule has 0 heterocycles. The molecule has 4 heteroatoms. The van der Waals surface area contributed by atoms with E-state index in [-0.39, 0.29) is 5.91 Å². The van der Waals surface area contributed by atoms with Gasteiger partial charge in [0.05, 0.1) is 0 Å². The maximum Gasteiger partial charge on any atom is 0.243 e. The summed E-state index contributed by atoms with van der Waals surface area (Å²) >= 11 is 0. The number of nitrogen functional groups attached to an aromatic ring is 1. The van der Waals surface area contributed by atoms with E-state index in [1.54, 1.807) is 24.3 Å². The van der Waals surface area contributed by atoms with Crippen LogP contribution >= 0.6 is 0 Å². The number of rotatable bonds is 3. The number of carbonyl (C=O) groups excluding carboxylic acids is 1. The third kappa shape index (κ3) is 3.40. The molecule has 0 aliphatic heterocycles. The average Bonchev–Trinajstić information content (AvgIpc) is 2.18. The minimum atomic E-state index is -1.57. The van der Waals surface area contributed by atoms with Gasteiger partial charge in [-0.1, -0.05) is 20.0 Å². The Morgan fingerprint density at radius 1 is 1.33 bits per heavy atom. The summed E-state index contributed by atoms with van der Waals surface area (Å²) < 4.78 is 0. The standard InChI is InChI=1S/C11H18N2OSi/c1-4-15(2,3)13-11(14)9-5-7-10(12)8-6-9/h5-8H,4,12H2,1-3H3,(H,13,14). The van der Waals surface area contributed by atoms with Crippen molar-refractivity contribution >= 4 is 19.8 Å². The minimum absolute atomic E-state index is 0.00789. The lowest BCUT2D eigenvalue weighted by atomic mass is 10.2. The lowest BCUT2D eigenvalue weighted by Gasteiger charge is -2.21. The fraction of sp³-hybridized carbons (Fsp3) is 0.364. The molecule has 0 atom stereocenters. The number of amides is 1. The van der Waals surface area contributed by atoms with Gasteiger partial charge in [-0.3, -0.25) is 4.79 Å². The number of hydrogen-bond acceptors (Lipinski definition) is 2. The van der Waals surface area contributed by atoms with E-state index in [9.17, 15) is 4.79 Å². The molecular weight excluding hydrogens is 204 g/mol.